The Labute approximate surface area is 388 Å². The van der Waals surface area contributed by atoms with Crippen molar-refractivity contribution in [1.29, 1.82) is 0 Å². The number of halogens is 2. The van der Waals surface area contributed by atoms with Crippen molar-refractivity contribution in [3.8, 4) is 22.3 Å². The van der Waals surface area contributed by atoms with Gasteiger partial charge in [0.1, 0.15) is 0 Å². The van der Waals surface area contributed by atoms with Crippen molar-refractivity contribution in [2.45, 2.75) is 143 Å². The van der Waals surface area contributed by atoms with Crippen LogP contribution in [-0.4, -0.2) is 25.7 Å². The van der Waals surface area contributed by atoms with Gasteiger partial charge in [-0.25, -0.2) is 0 Å². The molecule has 2 radical (unpaired) electrons. The van der Waals surface area contributed by atoms with Crippen LogP contribution in [0, 0.1) is 10.8 Å². The second kappa shape index (κ2) is 22.2. The molecule has 2 aliphatic carbocycles. The Balaban J connectivity index is 0.000000201. The third-order valence-corrected chi connectivity index (χ3v) is 17.9. The SMILES string of the molecule is CCC1(Cc2cc3c(-c4ccc([Si](C)(C)C)cc4)cccc3[cH-]2)CCCC1.CCC1(Cc2cc3c(-c4ccc([Si](C)(C)C)cc4)cccc3[cH-]2)CCCC1.C[Si]C.[Cl][Zr+2][Cl]. The van der Waals surface area contributed by atoms with E-state index >= 15 is 0 Å². The average Bonchev–Trinajstić information content (AvgIpc) is 4.05. The maximum absolute atomic E-state index is 4.93. The Morgan fingerprint density at radius 3 is 1.15 bits per heavy atom. The fourth-order valence-electron chi connectivity index (χ4n) is 10.0. The average molecular weight is 968 g/mol. The molecule has 318 valence electrons. The molecule has 0 aliphatic heterocycles. The standard InChI is InChI=1S/2C26H33Si.C2H6Si.2ClH.Zr/c2*1-5-26(15-6-7-16-26)19-20-17-22-9-8-10-24(25(22)18-20)21-11-13-23(14-12-21)27(2,3)4;1-3-2;;;/h2*8-14,17-18H,5-7,15-16,19H2,1-4H3;1-2H3;2*1H;/q2*-1;;;;+4/p-2. The van der Waals surface area contributed by atoms with Gasteiger partial charge in [0.25, 0.3) is 0 Å². The fraction of sp³-hybridized carbons (Fsp3) is 0.444. The van der Waals surface area contributed by atoms with Gasteiger partial charge in [-0.3, -0.25) is 0 Å². The minimum atomic E-state index is -1.24. The molecule has 0 spiro atoms. The molecule has 0 atom stereocenters. The molecule has 0 N–H and O–H groups in total. The van der Waals surface area contributed by atoms with Gasteiger partial charge in [-0.15, -0.1) is 69.1 Å². The Kier molecular flexibility index (Phi) is 18.2. The summed E-state index contributed by atoms with van der Waals surface area (Å²) in [6.07, 6.45) is 16.5. The van der Waals surface area contributed by atoms with E-state index in [1.807, 2.05) is 0 Å². The first-order valence-corrected chi connectivity index (χ1v) is 38.1. The number of hydrogen-bond acceptors (Lipinski definition) is 0. The van der Waals surface area contributed by atoms with E-state index in [1.54, 1.807) is 11.1 Å². The van der Waals surface area contributed by atoms with Gasteiger partial charge in [-0.2, -0.15) is 12.1 Å². The van der Waals surface area contributed by atoms with Crippen LogP contribution in [0.3, 0.4) is 0 Å². The van der Waals surface area contributed by atoms with Crippen LogP contribution in [0.2, 0.25) is 52.4 Å². The molecule has 2 aliphatic rings. The van der Waals surface area contributed by atoms with E-state index in [4.69, 9.17) is 17.0 Å². The molecule has 60 heavy (non-hydrogen) atoms. The third kappa shape index (κ3) is 12.7. The van der Waals surface area contributed by atoms with E-state index in [-0.39, 0.29) is 0 Å². The summed E-state index contributed by atoms with van der Waals surface area (Å²) in [6.45, 7) is 23.6. The number of fused-ring (bicyclic) bond motifs is 2. The molecule has 8 rings (SSSR count). The van der Waals surface area contributed by atoms with Gasteiger partial charge in [0.2, 0.25) is 0 Å². The molecular weight excluding hydrogens is 895 g/mol. The van der Waals surface area contributed by atoms with Crippen molar-refractivity contribution >= 4 is 74.6 Å². The molecule has 0 aromatic heterocycles. The molecule has 2 fully saturated rings. The topological polar surface area (TPSA) is 0 Å². The third-order valence-electron chi connectivity index (χ3n) is 13.7. The minimum absolute atomic E-state index is 0.559. The molecule has 0 nitrogen and oxygen atoms in total. The Bertz CT molecular complexity index is 2050. The first-order chi connectivity index (χ1) is 28.6. The van der Waals surface area contributed by atoms with E-state index < -0.39 is 37.0 Å². The van der Waals surface area contributed by atoms with Crippen molar-refractivity contribution < 1.29 is 20.8 Å². The van der Waals surface area contributed by atoms with Gasteiger partial charge in [0.05, 0.1) is 16.1 Å². The summed E-state index contributed by atoms with van der Waals surface area (Å²) in [5.74, 6) is 0. The van der Waals surface area contributed by atoms with Gasteiger partial charge in [0, 0.05) is 9.52 Å². The summed E-state index contributed by atoms with van der Waals surface area (Å²) < 4.78 is 0. The first-order valence-electron chi connectivity index (χ1n) is 22.8. The van der Waals surface area contributed by atoms with Crippen LogP contribution in [0.4, 0.5) is 0 Å². The molecule has 6 aromatic carbocycles. The molecule has 2 saturated carbocycles. The predicted molar refractivity (Wildman–Crippen MR) is 275 cm³/mol. The van der Waals surface area contributed by atoms with Crippen molar-refractivity contribution in [3.05, 3.63) is 120 Å². The van der Waals surface area contributed by atoms with Gasteiger partial charge < -0.3 is 0 Å². The van der Waals surface area contributed by atoms with E-state index in [2.05, 4.69) is 175 Å². The quantitative estimate of drug-likeness (QED) is 0.0948. The van der Waals surface area contributed by atoms with Crippen molar-refractivity contribution in [2.75, 3.05) is 0 Å². The summed E-state index contributed by atoms with van der Waals surface area (Å²) in [5.41, 5.74) is 9.68. The number of benzene rings is 4. The Morgan fingerprint density at radius 2 is 0.867 bits per heavy atom. The van der Waals surface area contributed by atoms with Crippen LogP contribution in [-0.2, 0) is 33.7 Å². The second-order valence-corrected chi connectivity index (χ2v) is 34.9. The Hall–Kier alpha value is -1.79. The van der Waals surface area contributed by atoms with Gasteiger partial charge in [0.15, 0.2) is 0 Å². The molecule has 0 heterocycles. The van der Waals surface area contributed by atoms with Crippen LogP contribution in [0.25, 0.3) is 43.8 Å². The summed E-state index contributed by atoms with van der Waals surface area (Å²) in [7, 11) is 8.47. The van der Waals surface area contributed by atoms with Crippen molar-refractivity contribution in [1.82, 2.24) is 0 Å². The van der Waals surface area contributed by atoms with Crippen LogP contribution >= 0.6 is 17.0 Å². The molecule has 0 unspecified atom stereocenters. The van der Waals surface area contributed by atoms with Crippen molar-refractivity contribution in [2.24, 2.45) is 10.8 Å². The van der Waals surface area contributed by atoms with E-state index in [9.17, 15) is 0 Å². The van der Waals surface area contributed by atoms with E-state index in [0.717, 1.165) is 9.52 Å². The van der Waals surface area contributed by atoms with Gasteiger partial charge >= 0.3 is 37.9 Å². The summed E-state index contributed by atoms with van der Waals surface area (Å²) in [5, 5.41) is 8.73. The summed E-state index contributed by atoms with van der Waals surface area (Å²) >= 11 is -0.826. The van der Waals surface area contributed by atoms with Gasteiger partial charge in [-0.1, -0.05) is 187 Å². The zero-order chi connectivity index (χ0) is 43.6. The van der Waals surface area contributed by atoms with Crippen LogP contribution in [0.5, 0.6) is 0 Å². The van der Waals surface area contributed by atoms with Crippen molar-refractivity contribution in [3.63, 3.8) is 0 Å². The monoisotopic (exact) mass is 964 g/mol. The zero-order valence-electron chi connectivity index (χ0n) is 38.6. The number of rotatable bonds is 10. The number of hydrogen-bond donors (Lipinski definition) is 0. The molecule has 6 aromatic rings. The van der Waals surface area contributed by atoms with Crippen LogP contribution in [0.1, 0.15) is 89.2 Å². The fourth-order valence-corrected chi connectivity index (χ4v) is 12.4. The molecular formula is C54H72Cl2Si3Zr. The maximum atomic E-state index is 4.93. The molecule has 6 heteroatoms. The molecule has 0 amide bonds. The van der Waals surface area contributed by atoms with E-state index in [0.29, 0.717) is 10.8 Å². The first kappa shape index (κ1) is 49.2. The molecule has 0 saturated heterocycles. The predicted octanol–water partition coefficient (Wildman–Crippen LogP) is 16.7. The zero-order valence-corrected chi connectivity index (χ0v) is 45.6. The van der Waals surface area contributed by atoms with Crippen LogP contribution < -0.4 is 10.4 Å². The van der Waals surface area contributed by atoms with E-state index in [1.165, 1.54) is 131 Å². The van der Waals surface area contributed by atoms with Crippen LogP contribution in [0.15, 0.2) is 109 Å². The summed E-state index contributed by atoms with van der Waals surface area (Å²) in [4.78, 5) is 0. The van der Waals surface area contributed by atoms with Gasteiger partial charge in [-0.05, 0) is 60.5 Å². The second-order valence-electron chi connectivity index (χ2n) is 20.0. The molecule has 0 bridgehead atoms. The summed E-state index contributed by atoms with van der Waals surface area (Å²) in [6, 6.07) is 42.2. The Morgan fingerprint density at radius 1 is 0.550 bits per heavy atom. The normalized spacial score (nSPS) is 15.7.